The van der Waals surface area contributed by atoms with Crippen LogP contribution in [-0.2, 0) is 23.9 Å². The molecule has 0 spiro atoms. The second-order valence-corrected chi connectivity index (χ2v) is 15.6. The number of rotatable bonds is 12. The summed E-state index contributed by atoms with van der Waals surface area (Å²) in [6.45, 7) is 34.9. The van der Waals surface area contributed by atoms with Gasteiger partial charge in [-0.15, -0.1) is 0 Å². The number of nitrogens with zero attached hydrogens (tertiary/aromatic N) is 1. The van der Waals surface area contributed by atoms with E-state index in [0.717, 1.165) is 35.2 Å². The van der Waals surface area contributed by atoms with E-state index in [0.29, 0.717) is 18.6 Å². The zero-order valence-electron chi connectivity index (χ0n) is 34.3. The summed E-state index contributed by atoms with van der Waals surface area (Å²) in [5, 5.41) is 2.27. The summed E-state index contributed by atoms with van der Waals surface area (Å²) in [6, 6.07) is 8.25. The summed E-state index contributed by atoms with van der Waals surface area (Å²) >= 11 is 0. The van der Waals surface area contributed by atoms with Gasteiger partial charge in [-0.1, -0.05) is 105 Å². The van der Waals surface area contributed by atoms with Crippen molar-refractivity contribution in [3.8, 4) is 0 Å². The maximum Gasteiger partial charge on any atom is 0.310 e. The number of hydrogen-bond donors (Lipinski definition) is 0. The molecule has 0 radical (unpaired) electrons. The largest absolute Gasteiger partial charge is 0.465 e. The SMILES string of the molecule is CC(=O)C(C)c1cc2cc(C)ccc2cn1.CC(C)(C)C.CC(C)=O.CCC.CCC(CC)CCCCOC(=O)C(C)COC(C)(C)C. The molecule has 1 heterocycles. The summed E-state index contributed by atoms with van der Waals surface area (Å²) in [5.74, 6) is 0.694. The lowest BCUT2D eigenvalue weighted by Gasteiger charge is -2.21. The van der Waals surface area contributed by atoms with Crippen molar-refractivity contribution in [2.75, 3.05) is 13.2 Å². The first kappa shape index (κ1) is 49.8. The van der Waals surface area contributed by atoms with Crippen LogP contribution in [0, 0.1) is 24.2 Å². The van der Waals surface area contributed by atoms with Gasteiger partial charge in [-0.25, -0.2) is 0 Å². The Morgan fingerprint density at radius 3 is 1.75 bits per heavy atom. The zero-order valence-corrected chi connectivity index (χ0v) is 34.3. The van der Waals surface area contributed by atoms with Crippen LogP contribution in [-0.4, -0.2) is 41.3 Å². The lowest BCUT2D eigenvalue weighted by atomic mass is 9.97. The van der Waals surface area contributed by atoms with Crippen molar-refractivity contribution in [3.05, 3.63) is 41.7 Å². The number of ether oxygens (including phenoxy) is 2. The molecule has 2 aromatic rings. The van der Waals surface area contributed by atoms with Crippen LogP contribution < -0.4 is 0 Å². The van der Waals surface area contributed by atoms with Crippen LogP contribution in [0.4, 0.5) is 0 Å². The third-order valence-corrected chi connectivity index (χ3v) is 6.53. The molecule has 0 saturated carbocycles. The van der Waals surface area contributed by atoms with E-state index in [1.165, 1.54) is 45.1 Å². The first-order chi connectivity index (χ1) is 22.0. The Balaban J connectivity index is -0.000000637. The number of carbonyl (C=O) groups is 3. The number of pyridine rings is 1. The monoisotopic (exact) mass is 674 g/mol. The second-order valence-electron chi connectivity index (χ2n) is 15.6. The highest BCUT2D eigenvalue weighted by Crippen LogP contribution is 2.21. The van der Waals surface area contributed by atoms with E-state index in [9.17, 15) is 14.4 Å². The van der Waals surface area contributed by atoms with Crippen molar-refractivity contribution in [1.29, 1.82) is 0 Å². The molecule has 0 amide bonds. The van der Waals surface area contributed by atoms with E-state index in [-0.39, 0.29) is 35.0 Å². The van der Waals surface area contributed by atoms with Crippen molar-refractivity contribution in [2.24, 2.45) is 17.3 Å². The van der Waals surface area contributed by atoms with E-state index >= 15 is 0 Å². The number of carbonyl (C=O) groups excluding carboxylic acids is 3. The molecule has 1 aromatic heterocycles. The fourth-order valence-electron chi connectivity index (χ4n) is 3.71. The molecule has 2 atom stereocenters. The highest BCUT2D eigenvalue weighted by atomic mass is 16.5. The topological polar surface area (TPSA) is 82.6 Å². The van der Waals surface area contributed by atoms with Crippen LogP contribution in [0.15, 0.2) is 30.5 Å². The van der Waals surface area contributed by atoms with Gasteiger partial charge >= 0.3 is 5.97 Å². The number of hydrogen-bond acceptors (Lipinski definition) is 6. The molecule has 2 rings (SSSR count). The Bertz CT molecular complexity index is 1130. The predicted octanol–water partition coefficient (Wildman–Crippen LogP) is 11.9. The van der Waals surface area contributed by atoms with Crippen molar-refractivity contribution in [2.45, 2.75) is 168 Å². The molecule has 0 N–H and O–H groups in total. The molecule has 48 heavy (non-hydrogen) atoms. The quantitative estimate of drug-likeness (QED) is 0.165. The second kappa shape index (κ2) is 27.2. The van der Waals surface area contributed by atoms with Gasteiger partial charge < -0.3 is 14.3 Å². The minimum absolute atomic E-state index is 0.120. The van der Waals surface area contributed by atoms with Crippen molar-refractivity contribution >= 4 is 28.3 Å². The summed E-state index contributed by atoms with van der Waals surface area (Å²) in [4.78, 5) is 36.9. The predicted molar refractivity (Wildman–Crippen MR) is 207 cm³/mol. The van der Waals surface area contributed by atoms with E-state index in [1.54, 1.807) is 6.92 Å². The molecule has 2 unspecified atom stereocenters. The summed E-state index contributed by atoms with van der Waals surface area (Å²) in [7, 11) is 0. The van der Waals surface area contributed by atoms with Gasteiger partial charge in [0.05, 0.1) is 36.3 Å². The lowest BCUT2D eigenvalue weighted by molar-refractivity contribution is -0.152. The number of esters is 1. The molecular formula is C42H75NO5. The minimum Gasteiger partial charge on any atom is -0.465 e. The fraction of sp³-hybridized carbons (Fsp3) is 0.714. The summed E-state index contributed by atoms with van der Waals surface area (Å²) in [5.41, 5.74) is 2.37. The van der Waals surface area contributed by atoms with Crippen LogP contribution in [0.2, 0.25) is 0 Å². The Labute approximate surface area is 296 Å². The number of Topliss-reactive ketones (excluding diaryl/α,β-unsaturated/α-hetero) is 2. The van der Waals surface area contributed by atoms with E-state index in [1.807, 2.05) is 46.9 Å². The number of ketones is 2. The van der Waals surface area contributed by atoms with Gasteiger partial charge in [0.1, 0.15) is 11.6 Å². The first-order valence-corrected chi connectivity index (χ1v) is 18.2. The number of aromatic nitrogens is 1. The van der Waals surface area contributed by atoms with E-state index in [2.05, 4.69) is 85.5 Å². The minimum atomic E-state index is -0.205. The van der Waals surface area contributed by atoms with Crippen LogP contribution >= 0.6 is 0 Å². The molecule has 0 aliphatic heterocycles. The zero-order chi connectivity index (χ0) is 38.1. The normalized spacial score (nSPS) is 12.0. The number of fused-ring (bicyclic) bond motifs is 1. The standard InChI is InChI=1S/C17H34O3.C14H15NO.C5H12.C3H6O.C3H8/c1-7-15(8-2)11-9-10-12-19-16(18)14(3)13-20-17(4,5)6;1-9-4-5-12-8-15-14(7-13(12)6-9)10(2)11(3)16;1-5(2,3)4;1-3(2)4;1-3-2/h14-15H,7-13H2,1-6H3;4-8,10H,1-3H3;1-4H3;1-2H3;3H2,1-2H3. The fourth-order valence-corrected chi connectivity index (χ4v) is 3.71. The van der Waals surface area contributed by atoms with Gasteiger partial charge in [0.25, 0.3) is 0 Å². The van der Waals surface area contributed by atoms with Gasteiger partial charge in [-0.2, -0.15) is 0 Å². The van der Waals surface area contributed by atoms with E-state index < -0.39 is 0 Å². The third kappa shape index (κ3) is 32.0. The lowest BCUT2D eigenvalue weighted by Crippen LogP contribution is -2.27. The molecule has 278 valence electrons. The average Bonchev–Trinajstić information content (AvgIpc) is 2.96. The van der Waals surface area contributed by atoms with Crippen molar-refractivity contribution in [1.82, 2.24) is 4.98 Å². The van der Waals surface area contributed by atoms with Crippen molar-refractivity contribution in [3.63, 3.8) is 0 Å². The Morgan fingerprint density at radius 1 is 0.812 bits per heavy atom. The Kier molecular flexibility index (Phi) is 28.3. The smallest absolute Gasteiger partial charge is 0.310 e. The van der Waals surface area contributed by atoms with Crippen LogP contribution in [0.5, 0.6) is 0 Å². The van der Waals surface area contributed by atoms with Crippen LogP contribution in [0.1, 0.15) is 166 Å². The maximum absolute atomic E-state index is 11.8. The van der Waals surface area contributed by atoms with Crippen LogP contribution in [0.25, 0.3) is 10.8 Å². The molecule has 0 aliphatic carbocycles. The Hall–Kier alpha value is -2.60. The van der Waals surface area contributed by atoms with Gasteiger partial charge in [-0.3, -0.25) is 14.6 Å². The number of unbranched alkanes of at least 4 members (excludes halogenated alkanes) is 1. The third-order valence-electron chi connectivity index (χ3n) is 6.53. The molecular weight excluding hydrogens is 598 g/mol. The number of aryl methyl sites for hydroxylation is 1. The summed E-state index contributed by atoms with van der Waals surface area (Å²) < 4.78 is 10.9. The van der Waals surface area contributed by atoms with E-state index in [4.69, 9.17) is 9.47 Å². The molecule has 1 aromatic carbocycles. The van der Waals surface area contributed by atoms with Crippen molar-refractivity contribution < 1.29 is 23.9 Å². The Morgan fingerprint density at radius 2 is 1.31 bits per heavy atom. The molecule has 0 saturated heterocycles. The number of benzene rings is 1. The average molecular weight is 674 g/mol. The summed E-state index contributed by atoms with van der Waals surface area (Å²) in [6.07, 6.45) is 8.94. The highest BCUT2D eigenvalue weighted by Gasteiger charge is 2.19. The van der Waals surface area contributed by atoms with Gasteiger partial charge in [-0.05, 0) is 97.9 Å². The van der Waals surface area contributed by atoms with Crippen LogP contribution in [0.3, 0.4) is 0 Å². The highest BCUT2D eigenvalue weighted by molar-refractivity contribution is 5.86. The molecule has 0 aliphatic rings. The van der Waals surface area contributed by atoms with Gasteiger partial charge in [0.15, 0.2) is 0 Å². The van der Waals surface area contributed by atoms with Gasteiger partial charge in [0.2, 0.25) is 0 Å². The molecule has 0 fully saturated rings. The molecule has 6 heteroatoms. The first-order valence-electron chi connectivity index (χ1n) is 18.2. The maximum atomic E-state index is 11.8. The molecule has 6 nitrogen and oxygen atoms in total. The van der Waals surface area contributed by atoms with Gasteiger partial charge in [0, 0.05) is 11.6 Å². The molecule has 0 bridgehead atoms.